The number of nitrogens with zero attached hydrogens (tertiary/aromatic N) is 1. The number of ether oxygens (including phenoxy) is 2. The van der Waals surface area contributed by atoms with E-state index in [2.05, 4.69) is 11.1 Å². The average Bonchev–Trinajstić information content (AvgIpc) is 2.58. The van der Waals surface area contributed by atoms with Gasteiger partial charge in [-0.1, -0.05) is 24.3 Å². The number of ketones is 1. The van der Waals surface area contributed by atoms with Gasteiger partial charge in [-0.05, 0) is 17.7 Å². The number of carbonyl (C=O) groups excluding carboxylic acids is 1. The number of aliphatic imine (C=N–C) groups is 1. The van der Waals surface area contributed by atoms with Crippen molar-refractivity contribution in [2.45, 2.75) is 0 Å². The monoisotopic (exact) mass is 295 g/mol. The zero-order valence-corrected chi connectivity index (χ0v) is 12.5. The molecule has 0 saturated heterocycles. The van der Waals surface area contributed by atoms with E-state index in [1.54, 1.807) is 20.4 Å². The van der Waals surface area contributed by atoms with Crippen LogP contribution in [-0.2, 0) is 14.3 Å². The van der Waals surface area contributed by atoms with Crippen molar-refractivity contribution >= 4 is 11.5 Å². The number of hydrogen-bond acceptors (Lipinski definition) is 4. The van der Waals surface area contributed by atoms with Crippen LogP contribution >= 0.6 is 0 Å². The second-order valence-corrected chi connectivity index (χ2v) is 5.85. The first-order chi connectivity index (χ1) is 10.8. The van der Waals surface area contributed by atoms with Crippen molar-refractivity contribution in [2.75, 3.05) is 14.2 Å². The van der Waals surface area contributed by atoms with Gasteiger partial charge in [-0.25, -0.2) is 0 Å². The molecule has 1 saturated carbocycles. The maximum absolute atomic E-state index is 12.8. The normalized spacial score (nSPS) is 34.7. The van der Waals surface area contributed by atoms with Crippen molar-refractivity contribution < 1.29 is 14.3 Å². The van der Waals surface area contributed by atoms with Crippen molar-refractivity contribution in [3.63, 3.8) is 0 Å². The van der Waals surface area contributed by atoms with Crippen LogP contribution in [0.3, 0.4) is 0 Å². The van der Waals surface area contributed by atoms with Gasteiger partial charge >= 0.3 is 0 Å². The van der Waals surface area contributed by atoms with Crippen molar-refractivity contribution in [2.24, 2.45) is 28.7 Å². The third kappa shape index (κ3) is 1.64. The van der Waals surface area contributed by atoms with Gasteiger partial charge in [0.15, 0.2) is 11.5 Å². The highest BCUT2D eigenvalue weighted by atomic mass is 16.5. The first-order valence-corrected chi connectivity index (χ1v) is 7.43. The molecule has 3 aliphatic carbocycles. The van der Waals surface area contributed by atoms with Gasteiger partial charge in [-0.15, -0.1) is 0 Å². The summed E-state index contributed by atoms with van der Waals surface area (Å²) < 4.78 is 11.2. The van der Waals surface area contributed by atoms with Gasteiger partial charge in [-0.3, -0.25) is 9.79 Å². The number of hydrogen-bond donors (Lipinski definition) is 0. The Bertz CT molecular complexity index is 721. The molecule has 4 heteroatoms. The quantitative estimate of drug-likeness (QED) is 0.786. The molecule has 4 nitrogen and oxygen atoms in total. The lowest BCUT2D eigenvalue weighted by atomic mass is 9.59. The minimum Gasteiger partial charge on any atom is -0.497 e. The van der Waals surface area contributed by atoms with E-state index >= 15 is 0 Å². The Balaban J connectivity index is 1.93. The van der Waals surface area contributed by atoms with E-state index in [0.717, 1.165) is 17.1 Å². The predicted octanol–water partition coefficient (Wildman–Crippen LogP) is 2.57. The first-order valence-electron chi connectivity index (χ1n) is 7.43. The Labute approximate surface area is 129 Å². The van der Waals surface area contributed by atoms with E-state index in [4.69, 9.17) is 9.47 Å². The third-order valence-electron chi connectivity index (χ3n) is 4.92. The van der Waals surface area contributed by atoms with E-state index in [1.165, 1.54) is 0 Å². The van der Waals surface area contributed by atoms with Gasteiger partial charge in [0.1, 0.15) is 5.76 Å². The van der Waals surface area contributed by atoms with E-state index < -0.39 is 0 Å². The number of methoxy groups -OCH3 is 2. The highest BCUT2D eigenvalue weighted by Gasteiger charge is 2.52. The van der Waals surface area contributed by atoms with Crippen LogP contribution in [0, 0.1) is 23.7 Å². The van der Waals surface area contributed by atoms with Crippen molar-refractivity contribution in [1.82, 2.24) is 0 Å². The van der Waals surface area contributed by atoms with E-state index in [0.29, 0.717) is 5.71 Å². The molecule has 4 unspecified atom stereocenters. The molecule has 0 radical (unpaired) electrons. The van der Waals surface area contributed by atoms with E-state index in [-0.39, 0.29) is 29.5 Å². The average molecular weight is 295 g/mol. The molecule has 0 amide bonds. The fourth-order valence-electron chi connectivity index (χ4n) is 4.01. The third-order valence-corrected chi connectivity index (χ3v) is 4.92. The van der Waals surface area contributed by atoms with Crippen LogP contribution in [0.2, 0.25) is 0 Å². The Morgan fingerprint density at radius 3 is 2.73 bits per heavy atom. The standard InChI is InChI=1S/C18H17NO3/c1-21-13-9-10-7-8-19-16-14(10)15(18(13)22-2)11-5-3-4-6-12(11)17(16)20/h3-9,11-12,14-15H,1-2H3. The molecule has 0 aromatic carbocycles. The molecule has 0 bridgehead atoms. The lowest BCUT2D eigenvalue weighted by molar-refractivity contribution is -0.118. The molecule has 112 valence electrons. The molecule has 22 heavy (non-hydrogen) atoms. The van der Waals surface area contributed by atoms with Crippen LogP contribution < -0.4 is 0 Å². The highest BCUT2D eigenvalue weighted by molar-refractivity contribution is 6.43. The van der Waals surface area contributed by atoms with Gasteiger partial charge < -0.3 is 9.47 Å². The van der Waals surface area contributed by atoms with Gasteiger partial charge in [-0.2, -0.15) is 0 Å². The molecule has 4 atom stereocenters. The van der Waals surface area contributed by atoms with Crippen LogP contribution in [0.4, 0.5) is 0 Å². The highest BCUT2D eigenvalue weighted by Crippen LogP contribution is 2.49. The molecule has 4 aliphatic rings. The molecule has 4 rings (SSSR count). The van der Waals surface area contributed by atoms with Crippen molar-refractivity contribution in [3.05, 3.63) is 59.7 Å². The summed E-state index contributed by atoms with van der Waals surface area (Å²) in [5, 5.41) is 0. The van der Waals surface area contributed by atoms with E-state index in [9.17, 15) is 4.79 Å². The van der Waals surface area contributed by atoms with Gasteiger partial charge in [0.25, 0.3) is 0 Å². The molecule has 0 aromatic heterocycles. The largest absolute Gasteiger partial charge is 0.497 e. The maximum Gasteiger partial charge on any atom is 0.185 e. The minimum atomic E-state index is -0.167. The molecule has 0 spiro atoms. The van der Waals surface area contributed by atoms with Gasteiger partial charge in [0.05, 0.1) is 19.9 Å². The number of fused-ring (bicyclic) bond motifs is 2. The van der Waals surface area contributed by atoms with Crippen LogP contribution in [0.15, 0.2) is 64.7 Å². The fourth-order valence-corrected chi connectivity index (χ4v) is 4.01. The summed E-state index contributed by atoms with van der Waals surface area (Å²) in [6, 6.07) is 0. The second kappa shape index (κ2) is 4.83. The Morgan fingerprint density at radius 2 is 1.95 bits per heavy atom. The molecular formula is C18H17NO3. The SMILES string of the molecule is COC1=C(OC)C2C3C(=C1)C=CN=C3C(=O)C1C=CC=CC12. The Hall–Kier alpha value is -2.36. The minimum absolute atomic E-state index is 0.0382. The summed E-state index contributed by atoms with van der Waals surface area (Å²) in [6.07, 6.45) is 13.7. The lowest BCUT2D eigenvalue weighted by Crippen LogP contribution is -2.50. The molecule has 0 N–H and O–H groups in total. The van der Waals surface area contributed by atoms with Crippen molar-refractivity contribution in [3.8, 4) is 0 Å². The second-order valence-electron chi connectivity index (χ2n) is 5.85. The van der Waals surface area contributed by atoms with Gasteiger partial charge in [0, 0.05) is 29.9 Å². The first kappa shape index (κ1) is 13.3. The molecule has 1 heterocycles. The van der Waals surface area contributed by atoms with E-state index in [1.807, 2.05) is 30.4 Å². The summed E-state index contributed by atoms with van der Waals surface area (Å²) in [5.41, 5.74) is 1.71. The smallest absolute Gasteiger partial charge is 0.185 e. The zero-order chi connectivity index (χ0) is 15.3. The molecule has 1 fully saturated rings. The Kier molecular flexibility index (Phi) is 2.93. The Morgan fingerprint density at radius 1 is 1.14 bits per heavy atom. The summed E-state index contributed by atoms with van der Waals surface area (Å²) in [6.45, 7) is 0. The lowest BCUT2D eigenvalue weighted by Gasteiger charge is -2.45. The van der Waals surface area contributed by atoms with Crippen LogP contribution in [0.25, 0.3) is 0 Å². The maximum atomic E-state index is 12.8. The summed E-state index contributed by atoms with van der Waals surface area (Å²) in [7, 11) is 3.31. The fraction of sp³-hybridized carbons (Fsp3) is 0.333. The van der Waals surface area contributed by atoms with Crippen molar-refractivity contribution in [1.29, 1.82) is 0 Å². The number of rotatable bonds is 2. The summed E-state index contributed by atoms with van der Waals surface area (Å²) in [5.74, 6) is 1.59. The number of allylic oxidation sites excluding steroid dienone is 8. The summed E-state index contributed by atoms with van der Waals surface area (Å²) in [4.78, 5) is 17.2. The van der Waals surface area contributed by atoms with Crippen LogP contribution in [0.5, 0.6) is 0 Å². The molecule has 0 aromatic rings. The van der Waals surface area contributed by atoms with Gasteiger partial charge in [0.2, 0.25) is 0 Å². The van der Waals surface area contributed by atoms with Crippen LogP contribution in [0.1, 0.15) is 0 Å². The predicted molar refractivity (Wildman–Crippen MR) is 82.9 cm³/mol. The number of Topliss-reactive ketones (excluding diaryl/α,β-unsaturated/α-hetero) is 1. The molecule has 1 aliphatic heterocycles. The summed E-state index contributed by atoms with van der Waals surface area (Å²) >= 11 is 0. The zero-order valence-electron chi connectivity index (χ0n) is 12.5. The topological polar surface area (TPSA) is 47.9 Å². The number of carbonyl (C=O) groups is 1. The van der Waals surface area contributed by atoms with Crippen LogP contribution in [-0.4, -0.2) is 25.7 Å². The molecular weight excluding hydrogens is 278 g/mol.